The molecule has 0 unspecified atom stereocenters. The molecule has 0 spiro atoms. The molecule has 194 valence electrons. The van der Waals surface area contributed by atoms with Crippen LogP contribution in [-0.2, 0) is 0 Å². The highest BCUT2D eigenvalue weighted by molar-refractivity contribution is 6.34. The van der Waals surface area contributed by atoms with Crippen molar-refractivity contribution in [2.45, 2.75) is 0 Å². The number of nitrogens with one attached hydrogen (secondary N) is 2. The molecule has 0 aliphatic carbocycles. The number of carbonyl (C=O) groups is 2. The summed E-state index contributed by atoms with van der Waals surface area (Å²) >= 11 is 6.42. The maximum atomic E-state index is 14.6. The van der Waals surface area contributed by atoms with Crippen molar-refractivity contribution in [1.82, 2.24) is 10.4 Å². The fourth-order valence-electron chi connectivity index (χ4n) is 4.10. The lowest BCUT2D eigenvalue weighted by Crippen LogP contribution is -2.19. The van der Waals surface area contributed by atoms with Gasteiger partial charge in [0.25, 0.3) is 5.91 Å². The van der Waals surface area contributed by atoms with Crippen LogP contribution in [0.5, 0.6) is 11.5 Å². The number of amides is 1. The Morgan fingerprint density at radius 3 is 2.56 bits per heavy atom. The molecule has 4 aromatic carbocycles. The number of hydrogen-bond acceptors (Lipinski definition) is 5. The first-order valence-corrected chi connectivity index (χ1v) is 12.2. The number of hydrazone groups is 1. The number of esters is 1. The topological polar surface area (TPSA) is 92.8 Å². The summed E-state index contributed by atoms with van der Waals surface area (Å²) in [6, 6.07) is 24.9. The number of aromatic nitrogens is 1. The Morgan fingerprint density at radius 2 is 1.74 bits per heavy atom. The van der Waals surface area contributed by atoms with Gasteiger partial charge < -0.3 is 14.5 Å². The van der Waals surface area contributed by atoms with E-state index in [2.05, 4.69) is 15.5 Å². The van der Waals surface area contributed by atoms with E-state index in [0.717, 1.165) is 0 Å². The lowest BCUT2D eigenvalue weighted by molar-refractivity contribution is 0.0733. The molecular weight excluding hydrogens is 521 g/mol. The van der Waals surface area contributed by atoms with Gasteiger partial charge in [0.1, 0.15) is 23.0 Å². The second kappa shape index (κ2) is 11.2. The van der Waals surface area contributed by atoms with Crippen molar-refractivity contribution < 1.29 is 23.5 Å². The van der Waals surface area contributed by atoms with Gasteiger partial charge in [0.15, 0.2) is 0 Å². The number of ether oxygens (including phenoxy) is 2. The Bertz CT molecular complexity index is 1730. The van der Waals surface area contributed by atoms with E-state index >= 15 is 0 Å². The number of H-pyrrole nitrogens is 1. The van der Waals surface area contributed by atoms with Gasteiger partial charge in [0.05, 0.1) is 24.4 Å². The first-order chi connectivity index (χ1) is 19.0. The van der Waals surface area contributed by atoms with Crippen LogP contribution >= 0.6 is 11.6 Å². The van der Waals surface area contributed by atoms with Gasteiger partial charge in [-0.05, 0) is 42.5 Å². The highest BCUT2D eigenvalue weighted by atomic mass is 35.5. The standard InChI is InChI=1S/C30H21ClFN3O4/c1-38-20-10-6-9-18(16-20)30(37)39-25-15-5-2-8-19(25)17-33-35-29(36)28-26(21-11-3-4-13-23(21)31)22-12-7-14-24(32)27(22)34-28/h2-17,34H,1H3,(H,35,36). The third kappa shape index (κ3) is 5.37. The van der Waals surface area contributed by atoms with Crippen LogP contribution in [0.15, 0.2) is 96.1 Å². The van der Waals surface area contributed by atoms with Gasteiger partial charge in [-0.3, -0.25) is 4.79 Å². The molecule has 0 saturated carbocycles. The molecule has 1 aromatic heterocycles. The molecule has 9 heteroatoms. The minimum atomic E-state index is -0.609. The maximum absolute atomic E-state index is 14.6. The van der Waals surface area contributed by atoms with Crippen molar-refractivity contribution in [1.29, 1.82) is 0 Å². The van der Waals surface area contributed by atoms with Gasteiger partial charge in [0, 0.05) is 27.1 Å². The van der Waals surface area contributed by atoms with Gasteiger partial charge in [0.2, 0.25) is 0 Å². The van der Waals surface area contributed by atoms with Gasteiger partial charge in [-0.1, -0.05) is 60.1 Å². The molecule has 5 rings (SSSR count). The van der Waals surface area contributed by atoms with Crippen molar-refractivity contribution in [3.8, 4) is 22.6 Å². The molecule has 0 saturated heterocycles. The minimum absolute atomic E-state index is 0.0955. The number of carbonyl (C=O) groups excluding carboxylic acids is 2. The molecule has 1 heterocycles. The molecular formula is C30H21ClFN3O4. The van der Waals surface area contributed by atoms with Gasteiger partial charge in [-0.15, -0.1) is 0 Å². The summed E-state index contributed by atoms with van der Waals surface area (Å²) in [6.07, 6.45) is 1.35. The second-order valence-corrected chi connectivity index (χ2v) is 8.78. The van der Waals surface area contributed by atoms with Crippen molar-refractivity contribution in [3.63, 3.8) is 0 Å². The third-order valence-corrected chi connectivity index (χ3v) is 6.28. The molecule has 0 bridgehead atoms. The normalized spacial score (nSPS) is 11.1. The molecule has 0 aliphatic rings. The average molecular weight is 542 g/mol. The average Bonchev–Trinajstić information content (AvgIpc) is 3.35. The Balaban J connectivity index is 1.40. The smallest absolute Gasteiger partial charge is 0.343 e. The van der Waals surface area contributed by atoms with Crippen LogP contribution in [0.25, 0.3) is 22.0 Å². The SMILES string of the molecule is COc1cccc(C(=O)Oc2ccccc2C=NNC(=O)c2[nH]c3c(F)cccc3c2-c2ccccc2Cl)c1. The fraction of sp³-hybridized carbons (Fsp3) is 0.0333. The molecule has 39 heavy (non-hydrogen) atoms. The van der Waals surface area contributed by atoms with Crippen LogP contribution in [0.2, 0.25) is 5.02 Å². The summed E-state index contributed by atoms with van der Waals surface area (Å²) in [7, 11) is 1.51. The van der Waals surface area contributed by atoms with Crippen LogP contribution in [-0.4, -0.2) is 30.2 Å². The summed E-state index contributed by atoms with van der Waals surface area (Å²) in [4.78, 5) is 28.8. The zero-order valence-corrected chi connectivity index (χ0v) is 21.3. The minimum Gasteiger partial charge on any atom is -0.497 e. The first-order valence-electron chi connectivity index (χ1n) is 11.8. The predicted molar refractivity (Wildman–Crippen MR) is 148 cm³/mol. The van der Waals surface area contributed by atoms with Crippen LogP contribution in [0, 0.1) is 5.82 Å². The molecule has 0 atom stereocenters. The van der Waals surface area contributed by atoms with Gasteiger partial charge in [-0.25, -0.2) is 14.6 Å². The highest BCUT2D eigenvalue weighted by Gasteiger charge is 2.22. The van der Waals surface area contributed by atoms with E-state index in [1.807, 2.05) is 0 Å². The van der Waals surface area contributed by atoms with E-state index in [-0.39, 0.29) is 17.0 Å². The van der Waals surface area contributed by atoms with Crippen molar-refractivity contribution in [2.75, 3.05) is 7.11 Å². The van der Waals surface area contributed by atoms with Gasteiger partial charge >= 0.3 is 5.97 Å². The zero-order valence-electron chi connectivity index (χ0n) is 20.6. The zero-order chi connectivity index (χ0) is 27.4. The number of methoxy groups -OCH3 is 1. The van der Waals surface area contributed by atoms with Crippen LogP contribution < -0.4 is 14.9 Å². The summed E-state index contributed by atoms with van der Waals surface area (Å²) in [5.41, 5.74) is 4.52. The fourth-order valence-corrected chi connectivity index (χ4v) is 4.33. The quantitative estimate of drug-likeness (QED) is 0.105. The Kier molecular flexibility index (Phi) is 7.38. The second-order valence-electron chi connectivity index (χ2n) is 8.38. The highest BCUT2D eigenvalue weighted by Crippen LogP contribution is 2.37. The van der Waals surface area contributed by atoms with Crippen LogP contribution in [0.4, 0.5) is 4.39 Å². The summed E-state index contributed by atoms with van der Waals surface area (Å²) in [5, 5.41) is 4.97. The van der Waals surface area contributed by atoms with E-state index in [4.69, 9.17) is 21.1 Å². The third-order valence-electron chi connectivity index (χ3n) is 5.95. The van der Waals surface area contributed by atoms with E-state index in [1.54, 1.807) is 84.9 Å². The van der Waals surface area contributed by atoms with Crippen molar-refractivity contribution in [2.24, 2.45) is 5.10 Å². The molecule has 1 amide bonds. The Morgan fingerprint density at radius 1 is 0.974 bits per heavy atom. The maximum Gasteiger partial charge on any atom is 0.343 e. The number of aromatic amines is 1. The number of fused-ring (bicyclic) bond motifs is 1. The monoisotopic (exact) mass is 541 g/mol. The van der Waals surface area contributed by atoms with Crippen molar-refractivity contribution >= 4 is 40.6 Å². The summed E-state index contributed by atoms with van der Waals surface area (Å²) < 4.78 is 25.3. The van der Waals surface area contributed by atoms with E-state index in [0.29, 0.717) is 38.4 Å². The lowest BCUT2D eigenvalue weighted by Gasteiger charge is -2.08. The summed E-state index contributed by atoms with van der Waals surface area (Å²) in [5.74, 6) is -0.927. The Hall–Kier alpha value is -4.95. The van der Waals surface area contributed by atoms with Crippen LogP contribution in [0.1, 0.15) is 26.4 Å². The van der Waals surface area contributed by atoms with Gasteiger partial charge in [-0.2, -0.15) is 5.10 Å². The van der Waals surface area contributed by atoms with Crippen molar-refractivity contribution in [3.05, 3.63) is 119 Å². The molecule has 7 nitrogen and oxygen atoms in total. The van der Waals surface area contributed by atoms with E-state index in [1.165, 1.54) is 19.4 Å². The molecule has 0 radical (unpaired) electrons. The molecule has 2 N–H and O–H groups in total. The first kappa shape index (κ1) is 25.7. The number of halogens is 2. The predicted octanol–water partition coefficient (Wildman–Crippen LogP) is 6.62. The number of rotatable bonds is 7. The Labute approximate surface area is 227 Å². The number of nitrogens with zero attached hydrogens (tertiary/aromatic N) is 1. The lowest BCUT2D eigenvalue weighted by atomic mass is 10.0. The number of para-hydroxylation sites is 2. The number of hydrogen-bond donors (Lipinski definition) is 2. The largest absolute Gasteiger partial charge is 0.497 e. The van der Waals surface area contributed by atoms with E-state index in [9.17, 15) is 14.0 Å². The summed E-state index contributed by atoms with van der Waals surface area (Å²) in [6.45, 7) is 0. The molecule has 0 fully saturated rings. The molecule has 5 aromatic rings. The number of benzene rings is 4. The van der Waals surface area contributed by atoms with E-state index < -0.39 is 17.7 Å². The van der Waals surface area contributed by atoms with Crippen LogP contribution in [0.3, 0.4) is 0 Å². The molecule has 0 aliphatic heterocycles.